The first-order valence-corrected chi connectivity index (χ1v) is 13.7. The summed E-state index contributed by atoms with van der Waals surface area (Å²) in [5.74, 6) is 0. The van der Waals surface area contributed by atoms with Gasteiger partial charge in [-0.3, -0.25) is 0 Å². The van der Waals surface area contributed by atoms with Crippen LogP contribution in [0.5, 0.6) is 0 Å². The van der Waals surface area contributed by atoms with E-state index in [-0.39, 0.29) is 0 Å². The van der Waals surface area contributed by atoms with E-state index >= 15 is 0 Å². The Morgan fingerprint density at radius 2 is 1.39 bits per heavy atom. The van der Waals surface area contributed by atoms with E-state index in [0.29, 0.717) is 0 Å². The van der Waals surface area contributed by atoms with Crippen molar-refractivity contribution in [3.8, 4) is 0 Å². The van der Waals surface area contributed by atoms with E-state index in [1.54, 1.807) is 3.33 Å². The van der Waals surface area contributed by atoms with E-state index in [4.69, 9.17) is 0 Å². The fraction of sp³-hybridized carbons (Fsp3) is 0.714. The van der Waals surface area contributed by atoms with Crippen molar-refractivity contribution in [3.05, 3.63) is 21.6 Å². The molecule has 0 spiro atoms. The van der Waals surface area contributed by atoms with Crippen molar-refractivity contribution >= 4 is 0 Å². The second kappa shape index (κ2) is 7.13. The number of hydrogen-bond donors (Lipinski definition) is 0. The Bertz CT molecular complexity index is 298. The van der Waals surface area contributed by atoms with Crippen LogP contribution in [-0.2, 0) is 20.8 Å². The molecule has 0 unspecified atom stereocenters. The number of rotatable bonds is 7. The van der Waals surface area contributed by atoms with E-state index in [0.717, 1.165) is 26.1 Å². The minimum absolute atomic E-state index is 1.13. The van der Waals surface area contributed by atoms with Crippen molar-refractivity contribution in [2.45, 2.75) is 27.2 Å². The van der Waals surface area contributed by atoms with Gasteiger partial charge >= 0.3 is 119 Å². The molecule has 0 N–H and O–H groups in total. The van der Waals surface area contributed by atoms with Gasteiger partial charge in [-0.1, -0.05) is 0 Å². The third-order valence-corrected chi connectivity index (χ3v) is 23.5. The molecule has 1 aliphatic carbocycles. The Morgan fingerprint density at radius 1 is 0.944 bits per heavy atom. The quantitative estimate of drug-likeness (QED) is 0.589. The standard InChI is InChI=1S/C5H5.3C3H8N.Hf/c1-2-4-5-3-1;3*1-3-4-2;/h1-3H,4H2;3*3H2,1-2H3;/q;3*-1;+3. The number of nitrogens with zero attached hydrogens (tertiary/aromatic N) is 3. The van der Waals surface area contributed by atoms with Gasteiger partial charge < -0.3 is 0 Å². The van der Waals surface area contributed by atoms with Crippen molar-refractivity contribution in [1.29, 1.82) is 0 Å². The molecule has 0 atom stereocenters. The Hall–Kier alpha value is 0.230. The first-order valence-electron chi connectivity index (χ1n) is 7.05. The summed E-state index contributed by atoms with van der Waals surface area (Å²) in [4.78, 5) is 0. The maximum atomic E-state index is 2.67. The van der Waals surface area contributed by atoms with E-state index in [1.807, 2.05) is 0 Å². The van der Waals surface area contributed by atoms with Crippen LogP contribution in [0.25, 0.3) is 0 Å². The van der Waals surface area contributed by atoms with Crippen molar-refractivity contribution < 1.29 is 20.8 Å². The normalized spacial score (nSPS) is 16.2. The van der Waals surface area contributed by atoms with E-state index < -0.39 is 20.8 Å². The molecular formula is C14H29HfN3. The maximum absolute atomic E-state index is 2.94. The van der Waals surface area contributed by atoms with Crippen LogP contribution in [0, 0.1) is 0 Å². The molecule has 1 rings (SSSR count). The molecular weight excluding hydrogens is 389 g/mol. The van der Waals surface area contributed by atoms with Crippen molar-refractivity contribution in [2.75, 3.05) is 40.8 Å². The fourth-order valence-electron chi connectivity index (χ4n) is 2.97. The topological polar surface area (TPSA) is 9.72 Å². The van der Waals surface area contributed by atoms with Gasteiger partial charge in [0.05, 0.1) is 0 Å². The van der Waals surface area contributed by atoms with Crippen LogP contribution < -0.4 is 0 Å². The molecule has 0 aromatic heterocycles. The van der Waals surface area contributed by atoms with Crippen LogP contribution in [0.15, 0.2) is 21.6 Å². The van der Waals surface area contributed by atoms with Gasteiger partial charge in [0.15, 0.2) is 0 Å². The van der Waals surface area contributed by atoms with Crippen LogP contribution in [0.3, 0.4) is 0 Å². The van der Waals surface area contributed by atoms with Crippen LogP contribution in [0.1, 0.15) is 27.2 Å². The van der Waals surface area contributed by atoms with Crippen LogP contribution in [-0.4, -0.2) is 49.4 Å². The first-order chi connectivity index (χ1) is 8.55. The Labute approximate surface area is 119 Å². The summed E-state index contributed by atoms with van der Waals surface area (Å²) in [6, 6.07) is 0. The summed E-state index contributed by atoms with van der Waals surface area (Å²) in [7, 11) is 6.96. The Morgan fingerprint density at radius 3 is 1.67 bits per heavy atom. The van der Waals surface area contributed by atoms with Gasteiger partial charge in [-0.25, -0.2) is 0 Å². The number of hydrogen-bond acceptors (Lipinski definition) is 3. The van der Waals surface area contributed by atoms with Gasteiger partial charge in [0.2, 0.25) is 0 Å². The van der Waals surface area contributed by atoms with Crippen molar-refractivity contribution in [1.82, 2.24) is 8.66 Å². The molecule has 0 bridgehead atoms. The minimum atomic E-state index is -2.94. The molecule has 0 radical (unpaired) electrons. The molecule has 0 fully saturated rings. The molecule has 18 heavy (non-hydrogen) atoms. The predicted molar refractivity (Wildman–Crippen MR) is 76.8 cm³/mol. The van der Waals surface area contributed by atoms with Gasteiger partial charge in [0.1, 0.15) is 0 Å². The van der Waals surface area contributed by atoms with Crippen LogP contribution in [0.2, 0.25) is 0 Å². The van der Waals surface area contributed by atoms with Gasteiger partial charge in [-0.2, -0.15) is 0 Å². The zero-order valence-corrected chi connectivity index (χ0v) is 16.5. The third-order valence-electron chi connectivity index (χ3n) is 4.22. The molecule has 0 aromatic carbocycles. The summed E-state index contributed by atoms with van der Waals surface area (Å²) in [6.07, 6.45) is 8.08. The average Bonchev–Trinajstić information content (AvgIpc) is 2.92. The average molecular weight is 418 g/mol. The zero-order chi connectivity index (χ0) is 13.8. The molecule has 104 valence electrons. The fourth-order valence-corrected chi connectivity index (χ4v) is 21.8. The molecule has 0 aromatic rings. The summed E-state index contributed by atoms with van der Waals surface area (Å²) in [6.45, 7) is 10.2. The van der Waals surface area contributed by atoms with E-state index in [9.17, 15) is 0 Å². The van der Waals surface area contributed by atoms with E-state index in [1.165, 1.54) is 0 Å². The van der Waals surface area contributed by atoms with Gasteiger partial charge in [-0.05, 0) is 0 Å². The summed E-state index contributed by atoms with van der Waals surface area (Å²) in [5, 5.41) is 0. The summed E-state index contributed by atoms with van der Waals surface area (Å²) >= 11 is -2.94. The molecule has 4 heteroatoms. The van der Waals surface area contributed by atoms with Crippen LogP contribution in [0.4, 0.5) is 0 Å². The van der Waals surface area contributed by atoms with E-state index in [2.05, 4.69) is 68.8 Å². The monoisotopic (exact) mass is 419 g/mol. The van der Waals surface area contributed by atoms with Gasteiger partial charge in [-0.15, -0.1) is 0 Å². The zero-order valence-electron chi connectivity index (χ0n) is 12.9. The molecule has 0 amide bonds. The van der Waals surface area contributed by atoms with Crippen molar-refractivity contribution in [3.63, 3.8) is 0 Å². The van der Waals surface area contributed by atoms with Crippen LogP contribution >= 0.6 is 0 Å². The summed E-state index contributed by atoms with van der Waals surface area (Å²) in [5.41, 5.74) is 0. The second-order valence-electron chi connectivity index (χ2n) is 5.00. The van der Waals surface area contributed by atoms with Crippen molar-refractivity contribution in [2.24, 2.45) is 0 Å². The predicted octanol–water partition coefficient (Wildman–Crippen LogP) is 2.58. The first kappa shape index (κ1) is 16.3. The molecule has 0 heterocycles. The molecule has 3 nitrogen and oxygen atoms in total. The van der Waals surface area contributed by atoms with Gasteiger partial charge in [0, 0.05) is 0 Å². The summed E-state index contributed by atoms with van der Waals surface area (Å²) < 4.78 is 9.69. The molecule has 0 saturated carbocycles. The third kappa shape index (κ3) is 2.72. The molecule has 0 saturated heterocycles. The van der Waals surface area contributed by atoms with Gasteiger partial charge in [0.25, 0.3) is 0 Å². The second-order valence-corrected chi connectivity index (χ2v) is 20.1. The molecule has 0 aliphatic heterocycles. The SMILES string of the molecule is CC[N](C)[Hf]([C]1=CC=CC1)([N](C)CC)[N](C)CC. The molecule has 1 aliphatic rings. The Balaban J connectivity index is 3.25. The number of allylic oxidation sites excluding steroid dienone is 4. The Kier molecular flexibility index (Phi) is 6.45.